The highest BCUT2D eigenvalue weighted by molar-refractivity contribution is 9.10. The van der Waals surface area contributed by atoms with Crippen molar-refractivity contribution in [2.45, 2.75) is 45.6 Å². The molecule has 0 heterocycles. The number of hydrogen-bond acceptors (Lipinski definition) is 2. The Morgan fingerprint density at radius 3 is 2.28 bits per heavy atom. The van der Waals surface area contributed by atoms with E-state index in [2.05, 4.69) is 42.0 Å². The van der Waals surface area contributed by atoms with Crippen LogP contribution in [0.4, 0.5) is 5.69 Å². The summed E-state index contributed by atoms with van der Waals surface area (Å²) in [6, 6.07) is 5.28. The number of carbonyl (C=O) groups excluding carboxylic acids is 1. The first kappa shape index (κ1) is 15.0. The Morgan fingerprint density at radius 2 is 1.83 bits per heavy atom. The van der Waals surface area contributed by atoms with Gasteiger partial charge in [0, 0.05) is 21.3 Å². The molecule has 0 aliphatic heterocycles. The molecule has 100 valence electrons. The van der Waals surface area contributed by atoms with Crippen LogP contribution in [0.15, 0.2) is 22.7 Å². The molecular weight excluding hydrogens is 292 g/mol. The number of nitrogens with two attached hydrogens (primary N) is 1. The van der Waals surface area contributed by atoms with E-state index in [1.807, 2.05) is 0 Å². The van der Waals surface area contributed by atoms with Gasteiger partial charge in [0.25, 0.3) is 5.91 Å². The third-order valence-electron chi connectivity index (χ3n) is 3.67. The van der Waals surface area contributed by atoms with Gasteiger partial charge in [-0.3, -0.25) is 4.79 Å². The van der Waals surface area contributed by atoms with Crippen LogP contribution in [0, 0.1) is 0 Å². The summed E-state index contributed by atoms with van der Waals surface area (Å²) in [4.78, 5) is 12.2. The predicted octanol–water partition coefficient (Wildman–Crippen LogP) is 3.73. The number of rotatable bonds is 5. The number of nitrogens with one attached hydrogen (secondary N) is 1. The highest BCUT2D eigenvalue weighted by Gasteiger charge is 2.26. The van der Waals surface area contributed by atoms with Crippen molar-refractivity contribution < 1.29 is 4.79 Å². The summed E-state index contributed by atoms with van der Waals surface area (Å²) in [5.41, 5.74) is 6.87. The molecule has 3 nitrogen and oxygen atoms in total. The average Bonchev–Trinajstić information content (AvgIpc) is 2.39. The van der Waals surface area contributed by atoms with Gasteiger partial charge in [0.2, 0.25) is 0 Å². The van der Waals surface area contributed by atoms with Crippen molar-refractivity contribution in [3.05, 3.63) is 28.2 Å². The van der Waals surface area contributed by atoms with Gasteiger partial charge in [-0.15, -0.1) is 0 Å². The second kappa shape index (κ2) is 6.23. The highest BCUT2D eigenvalue weighted by Crippen LogP contribution is 2.23. The lowest BCUT2D eigenvalue weighted by molar-refractivity contribution is 0.0888. The lowest BCUT2D eigenvalue weighted by Crippen LogP contribution is -2.47. The molecular formula is C14H21BrN2O. The minimum Gasteiger partial charge on any atom is -0.398 e. The summed E-state index contributed by atoms with van der Waals surface area (Å²) < 4.78 is 0.812. The zero-order valence-corrected chi connectivity index (χ0v) is 12.8. The maximum absolute atomic E-state index is 12.2. The third kappa shape index (κ3) is 3.25. The first-order valence-corrected chi connectivity index (χ1v) is 7.14. The lowest BCUT2D eigenvalue weighted by atomic mass is 9.89. The Balaban J connectivity index is 2.90. The summed E-state index contributed by atoms with van der Waals surface area (Å²) in [6.45, 7) is 6.30. The van der Waals surface area contributed by atoms with Gasteiger partial charge in [-0.25, -0.2) is 0 Å². The fraction of sp³-hybridized carbons (Fsp3) is 0.500. The van der Waals surface area contributed by atoms with Gasteiger partial charge in [-0.05, 0) is 53.4 Å². The van der Waals surface area contributed by atoms with Crippen molar-refractivity contribution in [2.24, 2.45) is 0 Å². The fourth-order valence-corrected chi connectivity index (χ4v) is 2.26. The molecule has 0 bridgehead atoms. The zero-order chi connectivity index (χ0) is 13.8. The van der Waals surface area contributed by atoms with E-state index in [4.69, 9.17) is 5.73 Å². The van der Waals surface area contributed by atoms with E-state index in [9.17, 15) is 4.79 Å². The number of carbonyl (C=O) groups is 1. The molecule has 0 aromatic heterocycles. The smallest absolute Gasteiger partial charge is 0.251 e. The number of halogens is 1. The molecule has 0 radical (unpaired) electrons. The molecule has 0 aliphatic rings. The minimum absolute atomic E-state index is 0.0558. The zero-order valence-electron chi connectivity index (χ0n) is 11.2. The molecule has 3 N–H and O–H groups in total. The molecule has 18 heavy (non-hydrogen) atoms. The molecule has 0 atom stereocenters. The van der Waals surface area contributed by atoms with E-state index in [1.54, 1.807) is 18.2 Å². The SMILES string of the molecule is CCC(CC)(CC)NC(=O)c1ccc(Br)c(N)c1. The Labute approximate surface area is 117 Å². The minimum atomic E-state index is -0.112. The Kier molecular flexibility index (Phi) is 5.20. The molecule has 0 aliphatic carbocycles. The van der Waals surface area contributed by atoms with Crippen molar-refractivity contribution in [3.63, 3.8) is 0 Å². The number of benzene rings is 1. The van der Waals surface area contributed by atoms with E-state index in [1.165, 1.54) is 0 Å². The Morgan fingerprint density at radius 1 is 1.28 bits per heavy atom. The van der Waals surface area contributed by atoms with E-state index in [0.717, 1.165) is 23.7 Å². The van der Waals surface area contributed by atoms with Crippen LogP contribution < -0.4 is 11.1 Å². The molecule has 1 amide bonds. The summed E-state index contributed by atoms with van der Waals surface area (Å²) in [7, 11) is 0. The van der Waals surface area contributed by atoms with Crippen LogP contribution in [-0.4, -0.2) is 11.4 Å². The molecule has 0 saturated carbocycles. The van der Waals surface area contributed by atoms with E-state index in [0.29, 0.717) is 11.3 Å². The summed E-state index contributed by atoms with van der Waals surface area (Å²) in [6.07, 6.45) is 2.78. The van der Waals surface area contributed by atoms with Crippen molar-refractivity contribution in [1.29, 1.82) is 0 Å². The number of anilines is 1. The van der Waals surface area contributed by atoms with E-state index >= 15 is 0 Å². The van der Waals surface area contributed by atoms with E-state index < -0.39 is 0 Å². The van der Waals surface area contributed by atoms with Crippen LogP contribution in [0.1, 0.15) is 50.4 Å². The molecule has 0 spiro atoms. The quantitative estimate of drug-likeness (QED) is 0.814. The monoisotopic (exact) mass is 312 g/mol. The maximum Gasteiger partial charge on any atom is 0.251 e. The van der Waals surface area contributed by atoms with Gasteiger partial charge in [0.05, 0.1) is 0 Å². The lowest BCUT2D eigenvalue weighted by Gasteiger charge is -2.31. The molecule has 4 heteroatoms. The van der Waals surface area contributed by atoms with Crippen LogP contribution in [0.5, 0.6) is 0 Å². The third-order valence-corrected chi connectivity index (χ3v) is 4.39. The van der Waals surface area contributed by atoms with Crippen molar-refractivity contribution in [1.82, 2.24) is 5.32 Å². The molecule has 0 saturated heterocycles. The van der Waals surface area contributed by atoms with E-state index in [-0.39, 0.29) is 11.4 Å². The summed E-state index contributed by atoms with van der Waals surface area (Å²) >= 11 is 3.32. The fourth-order valence-electron chi connectivity index (χ4n) is 2.01. The number of amides is 1. The van der Waals surface area contributed by atoms with Gasteiger partial charge < -0.3 is 11.1 Å². The highest BCUT2D eigenvalue weighted by atomic mass is 79.9. The summed E-state index contributed by atoms with van der Waals surface area (Å²) in [5.74, 6) is -0.0558. The van der Waals surface area contributed by atoms with Gasteiger partial charge in [0.15, 0.2) is 0 Å². The molecule has 1 rings (SSSR count). The Hall–Kier alpha value is -1.03. The Bertz CT molecular complexity index is 420. The molecule has 0 unspecified atom stereocenters. The largest absolute Gasteiger partial charge is 0.398 e. The standard InChI is InChI=1S/C14H21BrN2O/c1-4-14(5-2,6-3)17-13(18)10-7-8-11(15)12(16)9-10/h7-9H,4-6,16H2,1-3H3,(H,17,18). The number of hydrogen-bond donors (Lipinski definition) is 2. The maximum atomic E-state index is 12.2. The van der Waals surface area contributed by atoms with Crippen molar-refractivity contribution in [3.8, 4) is 0 Å². The van der Waals surface area contributed by atoms with Gasteiger partial charge in [-0.1, -0.05) is 20.8 Å². The van der Waals surface area contributed by atoms with Crippen LogP contribution in [0.2, 0.25) is 0 Å². The first-order valence-electron chi connectivity index (χ1n) is 6.35. The second-order valence-corrected chi connectivity index (χ2v) is 5.39. The first-order chi connectivity index (χ1) is 8.48. The van der Waals surface area contributed by atoms with Gasteiger partial charge in [0.1, 0.15) is 0 Å². The molecule has 1 aromatic carbocycles. The number of nitrogen functional groups attached to an aromatic ring is 1. The van der Waals surface area contributed by atoms with Crippen LogP contribution in [0.3, 0.4) is 0 Å². The average molecular weight is 313 g/mol. The normalized spacial score (nSPS) is 11.3. The van der Waals surface area contributed by atoms with Crippen LogP contribution >= 0.6 is 15.9 Å². The van der Waals surface area contributed by atoms with Crippen molar-refractivity contribution >= 4 is 27.5 Å². The van der Waals surface area contributed by atoms with Crippen molar-refractivity contribution in [2.75, 3.05) is 5.73 Å². The molecule has 1 aromatic rings. The summed E-state index contributed by atoms with van der Waals surface area (Å²) in [5, 5.41) is 3.13. The predicted molar refractivity (Wildman–Crippen MR) is 79.6 cm³/mol. The topological polar surface area (TPSA) is 55.1 Å². The van der Waals surface area contributed by atoms with Gasteiger partial charge >= 0.3 is 0 Å². The van der Waals surface area contributed by atoms with Gasteiger partial charge in [-0.2, -0.15) is 0 Å². The van der Waals surface area contributed by atoms with Crippen LogP contribution in [-0.2, 0) is 0 Å². The second-order valence-electron chi connectivity index (χ2n) is 4.53. The van der Waals surface area contributed by atoms with Crippen LogP contribution in [0.25, 0.3) is 0 Å². The molecule has 0 fully saturated rings.